The Morgan fingerprint density at radius 3 is 1.95 bits per heavy atom. The van der Waals surface area contributed by atoms with Crippen molar-refractivity contribution in [3.63, 3.8) is 0 Å². The van der Waals surface area contributed by atoms with E-state index in [0.29, 0.717) is 6.54 Å². The van der Waals surface area contributed by atoms with Gasteiger partial charge in [0.05, 0.1) is 12.6 Å². The van der Waals surface area contributed by atoms with Gasteiger partial charge >= 0.3 is 0 Å². The number of nitrogen functional groups attached to an aromatic ring is 2. The molecule has 0 aliphatic rings. The number of benzene rings is 2. The fourth-order valence-corrected chi connectivity index (χ4v) is 1.82. The van der Waals surface area contributed by atoms with Crippen LogP contribution in [-0.2, 0) is 16.5 Å². The molecular formula is C17H20N4Ni. The molecule has 0 spiro atoms. The van der Waals surface area contributed by atoms with E-state index in [2.05, 4.69) is 9.98 Å². The van der Waals surface area contributed by atoms with E-state index in [1.165, 1.54) is 0 Å². The number of nitrogens with zero attached hydrogens (tertiary/aromatic N) is 2. The van der Waals surface area contributed by atoms with Crippen molar-refractivity contribution in [2.45, 2.75) is 13.0 Å². The number of rotatable bonds is 5. The first-order valence-electron chi connectivity index (χ1n) is 6.89. The molecule has 4 nitrogen and oxygen atoms in total. The molecule has 5 heteroatoms. The van der Waals surface area contributed by atoms with Crippen molar-refractivity contribution < 1.29 is 16.5 Å². The van der Waals surface area contributed by atoms with Crippen molar-refractivity contribution in [1.82, 2.24) is 0 Å². The molecule has 0 saturated carbocycles. The van der Waals surface area contributed by atoms with Crippen LogP contribution >= 0.6 is 0 Å². The summed E-state index contributed by atoms with van der Waals surface area (Å²) >= 11 is 0. The Morgan fingerprint density at radius 2 is 1.41 bits per heavy atom. The van der Waals surface area contributed by atoms with Crippen LogP contribution in [0.4, 0.5) is 11.4 Å². The van der Waals surface area contributed by atoms with E-state index in [9.17, 15) is 0 Å². The van der Waals surface area contributed by atoms with E-state index >= 15 is 0 Å². The maximum Gasteiger partial charge on any atom is 0.0666 e. The van der Waals surface area contributed by atoms with Gasteiger partial charge in [-0.1, -0.05) is 36.4 Å². The molecule has 0 saturated heterocycles. The van der Waals surface area contributed by atoms with Crippen LogP contribution in [0.3, 0.4) is 0 Å². The Bertz CT molecular complexity index is 653. The molecule has 0 aliphatic heterocycles. The van der Waals surface area contributed by atoms with Crippen LogP contribution in [0.15, 0.2) is 58.5 Å². The van der Waals surface area contributed by atoms with Crippen LogP contribution in [0.1, 0.15) is 18.1 Å². The monoisotopic (exact) mass is 338 g/mol. The summed E-state index contributed by atoms with van der Waals surface area (Å²) < 4.78 is 0. The smallest absolute Gasteiger partial charge is 0.0666 e. The van der Waals surface area contributed by atoms with Gasteiger partial charge in [-0.05, 0) is 19.1 Å². The van der Waals surface area contributed by atoms with E-state index in [1.54, 1.807) is 12.4 Å². The van der Waals surface area contributed by atoms with Crippen molar-refractivity contribution in [2.24, 2.45) is 9.98 Å². The van der Waals surface area contributed by atoms with Crippen LogP contribution < -0.4 is 11.5 Å². The van der Waals surface area contributed by atoms with Crippen molar-refractivity contribution in [1.29, 1.82) is 0 Å². The van der Waals surface area contributed by atoms with E-state index < -0.39 is 0 Å². The largest absolute Gasteiger partial charge is 0.398 e. The molecule has 0 fully saturated rings. The van der Waals surface area contributed by atoms with Gasteiger partial charge in [0.25, 0.3) is 0 Å². The predicted octanol–water partition coefficient (Wildman–Crippen LogP) is 2.78. The number of anilines is 2. The first kappa shape index (κ1) is 17.9. The van der Waals surface area contributed by atoms with E-state index in [0.717, 1.165) is 22.5 Å². The van der Waals surface area contributed by atoms with E-state index in [1.807, 2.05) is 55.5 Å². The molecule has 4 N–H and O–H groups in total. The van der Waals surface area contributed by atoms with Crippen LogP contribution in [0.5, 0.6) is 0 Å². The van der Waals surface area contributed by atoms with Gasteiger partial charge in [-0.15, -0.1) is 0 Å². The molecule has 1 atom stereocenters. The average molecular weight is 339 g/mol. The molecule has 1 unspecified atom stereocenters. The number of aliphatic imine (C=N–C) groups is 2. The van der Waals surface area contributed by atoms with Gasteiger partial charge in [0.2, 0.25) is 0 Å². The summed E-state index contributed by atoms with van der Waals surface area (Å²) in [7, 11) is 0. The second kappa shape index (κ2) is 9.01. The number of nitrogens with two attached hydrogens (primary N) is 2. The second-order valence-corrected chi connectivity index (χ2v) is 4.88. The molecule has 2 aromatic rings. The molecule has 0 aliphatic carbocycles. The molecule has 2 aromatic carbocycles. The van der Waals surface area contributed by atoms with Crippen LogP contribution in [0, 0.1) is 0 Å². The summed E-state index contributed by atoms with van der Waals surface area (Å²) in [5.41, 5.74) is 15.0. The fraction of sp³-hybridized carbons (Fsp3) is 0.176. The SMILES string of the molecule is CC(CN=Cc1ccccc1N)N=Cc1ccccc1N.[Ni]. The molecule has 0 aromatic heterocycles. The van der Waals surface area contributed by atoms with Crippen molar-refractivity contribution in [3.05, 3.63) is 59.7 Å². The summed E-state index contributed by atoms with van der Waals surface area (Å²) in [4.78, 5) is 8.85. The van der Waals surface area contributed by atoms with Gasteiger partial charge in [0, 0.05) is 51.4 Å². The predicted molar refractivity (Wildman–Crippen MR) is 91.2 cm³/mol. The standard InChI is InChI=1S/C17H20N4.Ni/c1-13(21-12-15-7-3-5-9-17(15)19)10-20-11-14-6-2-4-8-16(14)18;/h2-9,11-13H,10,18-19H2,1H3;. The minimum Gasteiger partial charge on any atom is -0.398 e. The van der Waals surface area contributed by atoms with Gasteiger partial charge in [0.15, 0.2) is 0 Å². The van der Waals surface area contributed by atoms with Gasteiger partial charge < -0.3 is 11.5 Å². The zero-order valence-electron chi connectivity index (χ0n) is 12.4. The third-order valence-corrected chi connectivity index (χ3v) is 3.06. The van der Waals surface area contributed by atoms with Gasteiger partial charge in [-0.25, -0.2) is 0 Å². The minimum absolute atomic E-state index is 0. The topological polar surface area (TPSA) is 76.8 Å². The average Bonchev–Trinajstić information content (AvgIpc) is 2.48. The molecular weight excluding hydrogens is 319 g/mol. The van der Waals surface area contributed by atoms with Crippen molar-refractivity contribution in [2.75, 3.05) is 18.0 Å². The molecule has 0 radical (unpaired) electrons. The van der Waals surface area contributed by atoms with E-state index in [4.69, 9.17) is 11.5 Å². The first-order chi connectivity index (χ1) is 10.2. The van der Waals surface area contributed by atoms with Crippen molar-refractivity contribution >= 4 is 23.8 Å². The molecule has 0 bridgehead atoms. The summed E-state index contributed by atoms with van der Waals surface area (Å²) in [6.07, 6.45) is 3.59. The quantitative estimate of drug-likeness (QED) is 0.499. The Kier molecular flexibility index (Phi) is 7.34. The maximum atomic E-state index is 5.86. The molecule has 0 heterocycles. The third-order valence-electron chi connectivity index (χ3n) is 3.06. The van der Waals surface area contributed by atoms with Gasteiger partial charge in [-0.3, -0.25) is 9.98 Å². The number of hydrogen-bond donors (Lipinski definition) is 2. The number of hydrogen-bond acceptors (Lipinski definition) is 4. The van der Waals surface area contributed by atoms with E-state index in [-0.39, 0.29) is 22.5 Å². The number of para-hydroxylation sites is 2. The van der Waals surface area contributed by atoms with Crippen LogP contribution in [0.25, 0.3) is 0 Å². The zero-order valence-corrected chi connectivity index (χ0v) is 13.4. The van der Waals surface area contributed by atoms with Crippen LogP contribution in [0.2, 0.25) is 0 Å². The normalized spacial score (nSPS) is 12.4. The van der Waals surface area contributed by atoms with Crippen LogP contribution in [-0.4, -0.2) is 25.0 Å². The second-order valence-electron chi connectivity index (χ2n) is 4.88. The fourth-order valence-electron chi connectivity index (χ4n) is 1.82. The zero-order chi connectivity index (χ0) is 15.1. The Hall–Kier alpha value is -2.13. The Labute approximate surface area is 141 Å². The summed E-state index contributed by atoms with van der Waals surface area (Å²) in [5, 5.41) is 0. The maximum absolute atomic E-state index is 5.86. The third kappa shape index (κ3) is 5.34. The van der Waals surface area contributed by atoms with Crippen molar-refractivity contribution in [3.8, 4) is 0 Å². The Balaban J connectivity index is 0.00000242. The summed E-state index contributed by atoms with van der Waals surface area (Å²) in [6, 6.07) is 15.4. The first-order valence-corrected chi connectivity index (χ1v) is 6.89. The molecule has 2 rings (SSSR count). The minimum atomic E-state index is 0. The van der Waals surface area contributed by atoms with Gasteiger partial charge in [0.1, 0.15) is 0 Å². The molecule has 22 heavy (non-hydrogen) atoms. The van der Waals surface area contributed by atoms with Gasteiger partial charge in [-0.2, -0.15) is 0 Å². The molecule has 118 valence electrons. The Morgan fingerprint density at radius 1 is 0.909 bits per heavy atom. The summed E-state index contributed by atoms with van der Waals surface area (Å²) in [6.45, 7) is 2.62. The summed E-state index contributed by atoms with van der Waals surface area (Å²) in [5.74, 6) is 0. The molecule has 0 amide bonds.